The second kappa shape index (κ2) is 5.44. The van der Waals surface area contributed by atoms with Crippen molar-refractivity contribution in [2.45, 2.75) is 38.6 Å². The molecule has 4 heteroatoms. The van der Waals surface area contributed by atoms with Crippen LogP contribution in [0, 0.1) is 5.92 Å². The molecule has 1 atom stereocenters. The van der Waals surface area contributed by atoms with Gasteiger partial charge in [-0.2, -0.15) is 0 Å². The zero-order chi connectivity index (χ0) is 14.1. The van der Waals surface area contributed by atoms with Crippen molar-refractivity contribution in [3.8, 4) is 0 Å². The summed E-state index contributed by atoms with van der Waals surface area (Å²) in [5.41, 5.74) is 2.80. The number of oxazole rings is 1. The molecule has 0 aliphatic heterocycles. The number of fused-ring (bicyclic) bond motifs is 1. The standard InChI is InChI=1S/C16H22N2O2/c1-3-9-17-15(11-5-4-6-11)12-7-8-13-14(10-12)20-16(19)18(13)2/h7-8,10-11,15,17H,3-6,9H2,1-2H3. The highest BCUT2D eigenvalue weighted by Gasteiger charge is 2.28. The number of aromatic nitrogens is 1. The van der Waals surface area contributed by atoms with Crippen molar-refractivity contribution in [1.29, 1.82) is 0 Å². The first-order valence-electron chi connectivity index (χ1n) is 7.53. The summed E-state index contributed by atoms with van der Waals surface area (Å²) in [7, 11) is 1.74. The predicted molar refractivity (Wildman–Crippen MR) is 79.8 cm³/mol. The fraction of sp³-hybridized carbons (Fsp3) is 0.562. The number of rotatable bonds is 5. The SMILES string of the molecule is CCCNC(c1ccc2c(c1)oc(=O)n2C)C1CCC1. The van der Waals surface area contributed by atoms with Gasteiger partial charge in [0, 0.05) is 13.1 Å². The predicted octanol–water partition coefficient (Wildman–Crippen LogP) is 2.97. The lowest BCUT2D eigenvalue weighted by molar-refractivity contribution is 0.231. The lowest BCUT2D eigenvalue weighted by atomic mass is 9.77. The van der Waals surface area contributed by atoms with Crippen LogP contribution in [0.5, 0.6) is 0 Å². The maximum atomic E-state index is 11.6. The molecule has 1 heterocycles. The summed E-state index contributed by atoms with van der Waals surface area (Å²) in [6, 6.07) is 6.54. The Morgan fingerprint density at radius 1 is 1.45 bits per heavy atom. The molecule has 0 spiro atoms. The number of aryl methyl sites for hydroxylation is 1. The smallest absolute Gasteiger partial charge is 0.408 e. The molecule has 4 nitrogen and oxygen atoms in total. The van der Waals surface area contributed by atoms with Crippen LogP contribution >= 0.6 is 0 Å². The van der Waals surface area contributed by atoms with Crippen LogP contribution in [0.4, 0.5) is 0 Å². The average Bonchev–Trinajstić information content (AvgIpc) is 2.67. The van der Waals surface area contributed by atoms with Gasteiger partial charge in [0.15, 0.2) is 5.58 Å². The second-order valence-electron chi connectivity index (χ2n) is 5.78. The van der Waals surface area contributed by atoms with Crippen LogP contribution in [0.15, 0.2) is 27.4 Å². The maximum Gasteiger partial charge on any atom is 0.419 e. The molecule has 108 valence electrons. The van der Waals surface area contributed by atoms with Crippen molar-refractivity contribution in [1.82, 2.24) is 9.88 Å². The molecule has 1 unspecified atom stereocenters. The third-order valence-corrected chi connectivity index (χ3v) is 4.41. The Kier molecular flexibility index (Phi) is 3.66. The van der Waals surface area contributed by atoms with Gasteiger partial charge in [-0.3, -0.25) is 4.57 Å². The van der Waals surface area contributed by atoms with E-state index in [0.717, 1.165) is 24.4 Å². The van der Waals surface area contributed by atoms with E-state index in [-0.39, 0.29) is 5.76 Å². The fourth-order valence-corrected chi connectivity index (χ4v) is 2.97. The van der Waals surface area contributed by atoms with Gasteiger partial charge in [0.1, 0.15) is 0 Å². The summed E-state index contributed by atoms with van der Waals surface area (Å²) < 4.78 is 6.86. The molecular weight excluding hydrogens is 252 g/mol. The molecule has 0 amide bonds. The van der Waals surface area contributed by atoms with Crippen LogP contribution in [-0.2, 0) is 7.05 Å². The third-order valence-electron chi connectivity index (χ3n) is 4.41. The van der Waals surface area contributed by atoms with Crippen molar-refractivity contribution < 1.29 is 4.42 Å². The van der Waals surface area contributed by atoms with Crippen LogP contribution in [-0.4, -0.2) is 11.1 Å². The van der Waals surface area contributed by atoms with E-state index < -0.39 is 0 Å². The topological polar surface area (TPSA) is 47.2 Å². The van der Waals surface area contributed by atoms with E-state index in [1.807, 2.05) is 12.1 Å². The highest BCUT2D eigenvalue weighted by molar-refractivity contribution is 5.73. The van der Waals surface area contributed by atoms with Crippen LogP contribution in [0.1, 0.15) is 44.2 Å². The highest BCUT2D eigenvalue weighted by atomic mass is 16.4. The number of hydrogen-bond donors (Lipinski definition) is 1. The van der Waals surface area contributed by atoms with Crippen LogP contribution in [0.25, 0.3) is 11.1 Å². The Bertz CT molecular complexity index is 652. The number of nitrogens with zero attached hydrogens (tertiary/aromatic N) is 1. The summed E-state index contributed by atoms with van der Waals surface area (Å²) in [5, 5.41) is 3.65. The van der Waals surface area contributed by atoms with Gasteiger partial charge in [-0.05, 0) is 49.4 Å². The van der Waals surface area contributed by atoms with E-state index in [9.17, 15) is 4.79 Å². The zero-order valence-electron chi connectivity index (χ0n) is 12.2. The van der Waals surface area contributed by atoms with Crippen molar-refractivity contribution in [2.75, 3.05) is 6.54 Å². The van der Waals surface area contributed by atoms with E-state index in [2.05, 4.69) is 18.3 Å². The number of hydrogen-bond acceptors (Lipinski definition) is 3. The molecule has 0 saturated heterocycles. The zero-order valence-corrected chi connectivity index (χ0v) is 12.2. The Labute approximate surface area is 118 Å². The largest absolute Gasteiger partial charge is 0.419 e. The first-order valence-corrected chi connectivity index (χ1v) is 7.53. The molecule has 1 saturated carbocycles. The van der Waals surface area contributed by atoms with Crippen molar-refractivity contribution >= 4 is 11.1 Å². The summed E-state index contributed by atoms with van der Waals surface area (Å²) in [6.07, 6.45) is 5.04. The molecular formula is C16H22N2O2. The Hall–Kier alpha value is -1.55. The van der Waals surface area contributed by atoms with Crippen molar-refractivity contribution in [3.63, 3.8) is 0 Å². The Morgan fingerprint density at radius 3 is 2.90 bits per heavy atom. The summed E-state index contributed by atoms with van der Waals surface area (Å²) in [5.74, 6) is 0.424. The molecule has 1 aliphatic carbocycles. The minimum absolute atomic E-state index is 0.293. The van der Waals surface area contributed by atoms with Gasteiger partial charge in [-0.25, -0.2) is 4.79 Å². The summed E-state index contributed by atoms with van der Waals surface area (Å²) in [4.78, 5) is 11.6. The first-order chi connectivity index (χ1) is 9.70. The second-order valence-corrected chi connectivity index (χ2v) is 5.78. The molecule has 1 aromatic heterocycles. The number of nitrogens with one attached hydrogen (secondary N) is 1. The van der Waals surface area contributed by atoms with E-state index in [1.165, 1.54) is 24.8 Å². The lowest BCUT2D eigenvalue weighted by Gasteiger charge is -2.34. The van der Waals surface area contributed by atoms with Gasteiger partial charge in [0.05, 0.1) is 5.52 Å². The summed E-state index contributed by atoms with van der Waals surface area (Å²) >= 11 is 0. The van der Waals surface area contributed by atoms with Crippen molar-refractivity contribution in [2.24, 2.45) is 13.0 Å². The average molecular weight is 274 g/mol. The molecule has 0 bridgehead atoms. The quantitative estimate of drug-likeness (QED) is 0.911. The van der Waals surface area contributed by atoms with Crippen LogP contribution < -0.4 is 11.1 Å². The molecule has 3 rings (SSSR count). The van der Waals surface area contributed by atoms with E-state index in [1.54, 1.807) is 11.6 Å². The van der Waals surface area contributed by atoms with Gasteiger partial charge in [0.2, 0.25) is 0 Å². The van der Waals surface area contributed by atoms with Gasteiger partial charge < -0.3 is 9.73 Å². The molecule has 2 aromatic rings. The Morgan fingerprint density at radius 2 is 2.25 bits per heavy atom. The molecule has 0 radical (unpaired) electrons. The molecule has 1 N–H and O–H groups in total. The monoisotopic (exact) mass is 274 g/mol. The number of benzene rings is 1. The van der Waals surface area contributed by atoms with E-state index in [4.69, 9.17) is 4.42 Å². The van der Waals surface area contributed by atoms with Gasteiger partial charge in [0.25, 0.3) is 0 Å². The normalized spacial score (nSPS) is 17.3. The summed E-state index contributed by atoms with van der Waals surface area (Å²) in [6.45, 7) is 3.21. The molecule has 1 aliphatic rings. The van der Waals surface area contributed by atoms with Crippen LogP contribution in [0.2, 0.25) is 0 Å². The van der Waals surface area contributed by atoms with Gasteiger partial charge in [-0.15, -0.1) is 0 Å². The maximum absolute atomic E-state index is 11.6. The fourth-order valence-electron chi connectivity index (χ4n) is 2.97. The molecule has 1 aromatic carbocycles. The van der Waals surface area contributed by atoms with Crippen LogP contribution in [0.3, 0.4) is 0 Å². The highest BCUT2D eigenvalue weighted by Crippen LogP contribution is 2.38. The molecule has 20 heavy (non-hydrogen) atoms. The first kappa shape index (κ1) is 13.4. The van der Waals surface area contributed by atoms with E-state index >= 15 is 0 Å². The van der Waals surface area contributed by atoms with Gasteiger partial charge in [-0.1, -0.05) is 19.4 Å². The Balaban J connectivity index is 1.95. The van der Waals surface area contributed by atoms with Crippen molar-refractivity contribution in [3.05, 3.63) is 34.3 Å². The third kappa shape index (κ3) is 2.29. The van der Waals surface area contributed by atoms with Gasteiger partial charge >= 0.3 is 5.76 Å². The minimum atomic E-state index is -0.293. The van der Waals surface area contributed by atoms with E-state index in [0.29, 0.717) is 11.6 Å². The molecule has 1 fully saturated rings. The minimum Gasteiger partial charge on any atom is -0.408 e. The lowest BCUT2D eigenvalue weighted by Crippen LogP contribution is -2.32.